The average Bonchev–Trinajstić information content (AvgIpc) is 3.45. The first-order chi connectivity index (χ1) is 16.4. The molecular formula is C25H21F2N5OS. The Morgan fingerprint density at radius 3 is 2.76 bits per heavy atom. The molecule has 0 radical (unpaired) electrons. The first-order valence-electron chi connectivity index (χ1n) is 10.9. The van der Waals surface area contributed by atoms with E-state index in [-0.39, 0.29) is 11.4 Å². The highest BCUT2D eigenvalue weighted by atomic mass is 32.1. The maximum Gasteiger partial charge on any atom is 0.280 e. The quantitative estimate of drug-likeness (QED) is 0.435. The van der Waals surface area contributed by atoms with Crippen LogP contribution in [0.15, 0.2) is 60.9 Å². The molecule has 2 atom stereocenters. The average molecular weight is 478 g/mol. The normalized spacial score (nSPS) is 19.4. The van der Waals surface area contributed by atoms with Crippen molar-refractivity contribution in [1.29, 1.82) is 0 Å². The van der Waals surface area contributed by atoms with E-state index in [4.69, 9.17) is 5.73 Å². The second-order valence-electron chi connectivity index (χ2n) is 8.17. The van der Waals surface area contributed by atoms with Crippen LogP contribution in [0.1, 0.15) is 39.5 Å². The van der Waals surface area contributed by atoms with Crippen LogP contribution in [0.5, 0.6) is 0 Å². The third-order valence-electron chi connectivity index (χ3n) is 5.81. The van der Waals surface area contributed by atoms with Crippen molar-refractivity contribution in [3.8, 4) is 23.1 Å². The summed E-state index contributed by atoms with van der Waals surface area (Å²) in [5.41, 5.74) is 8.71. The summed E-state index contributed by atoms with van der Waals surface area (Å²) in [5, 5.41) is 6.84. The van der Waals surface area contributed by atoms with Gasteiger partial charge >= 0.3 is 0 Å². The van der Waals surface area contributed by atoms with Gasteiger partial charge in [-0.3, -0.25) is 4.79 Å². The van der Waals surface area contributed by atoms with Crippen LogP contribution < -0.4 is 11.1 Å². The van der Waals surface area contributed by atoms with Gasteiger partial charge in [0, 0.05) is 29.8 Å². The second-order valence-corrected chi connectivity index (χ2v) is 9.17. The molecule has 6 nitrogen and oxygen atoms in total. The van der Waals surface area contributed by atoms with Gasteiger partial charge in [0.15, 0.2) is 5.01 Å². The van der Waals surface area contributed by atoms with E-state index in [0.717, 1.165) is 22.4 Å². The van der Waals surface area contributed by atoms with E-state index in [9.17, 15) is 13.6 Å². The summed E-state index contributed by atoms with van der Waals surface area (Å²) >= 11 is 1.06. The largest absolute Gasteiger partial charge is 0.340 e. The highest BCUT2D eigenvalue weighted by molar-refractivity contribution is 7.14. The highest BCUT2D eigenvalue weighted by Crippen LogP contribution is 2.34. The number of thiazole rings is 1. The maximum atomic E-state index is 14.4. The van der Waals surface area contributed by atoms with Gasteiger partial charge in [-0.25, -0.2) is 18.3 Å². The van der Waals surface area contributed by atoms with Crippen LogP contribution in [-0.2, 0) is 0 Å². The molecule has 1 amide bonds. The zero-order valence-electron chi connectivity index (χ0n) is 18.0. The molecule has 3 heterocycles. The third-order valence-corrected chi connectivity index (χ3v) is 6.78. The van der Waals surface area contributed by atoms with E-state index >= 15 is 0 Å². The number of pyridine rings is 1. The van der Waals surface area contributed by atoms with E-state index in [1.165, 1.54) is 0 Å². The fourth-order valence-corrected chi connectivity index (χ4v) is 4.91. The minimum absolute atomic E-state index is 0.0521. The van der Waals surface area contributed by atoms with Gasteiger partial charge in [-0.05, 0) is 43.0 Å². The Hall–Kier alpha value is -3.61. The zero-order valence-corrected chi connectivity index (χ0v) is 18.9. The second kappa shape index (κ2) is 8.97. The lowest BCUT2D eigenvalue weighted by molar-refractivity contribution is -0.0674. The van der Waals surface area contributed by atoms with Crippen molar-refractivity contribution < 1.29 is 13.6 Å². The van der Waals surface area contributed by atoms with Crippen LogP contribution in [-0.4, -0.2) is 38.5 Å². The molecule has 1 aliphatic carbocycles. The number of carbonyl (C=O) groups excluding carboxylic acids is 1. The van der Waals surface area contributed by atoms with Crippen LogP contribution in [0, 0.1) is 11.8 Å². The molecule has 1 aromatic carbocycles. The predicted octanol–water partition coefficient (Wildman–Crippen LogP) is 4.10. The van der Waals surface area contributed by atoms with E-state index in [1.54, 1.807) is 16.9 Å². The number of nitrogens with one attached hydrogen (secondary N) is 1. The number of fused-ring (bicyclic) bond motifs is 1. The van der Waals surface area contributed by atoms with Gasteiger partial charge in [0.2, 0.25) is 0 Å². The smallest absolute Gasteiger partial charge is 0.280 e. The van der Waals surface area contributed by atoms with Crippen molar-refractivity contribution in [2.75, 3.05) is 0 Å². The molecule has 1 aliphatic rings. The summed E-state index contributed by atoms with van der Waals surface area (Å²) in [4.78, 5) is 18.1. The lowest BCUT2D eigenvalue weighted by atomic mass is 9.87. The van der Waals surface area contributed by atoms with Gasteiger partial charge in [0.25, 0.3) is 11.8 Å². The number of alkyl halides is 2. The predicted molar refractivity (Wildman–Crippen MR) is 127 cm³/mol. The van der Waals surface area contributed by atoms with Crippen LogP contribution in [0.2, 0.25) is 0 Å². The van der Waals surface area contributed by atoms with Crippen LogP contribution in [0.25, 0.3) is 16.8 Å². The molecule has 34 heavy (non-hydrogen) atoms. The Morgan fingerprint density at radius 1 is 1.18 bits per heavy atom. The monoisotopic (exact) mass is 477 g/mol. The number of carbonyl (C=O) groups is 1. The van der Waals surface area contributed by atoms with Crippen molar-refractivity contribution in [2.24, 2.45) is 5.73 Å². The molecule has 4 aromatic rings. The number of amides is 1. The van der Waals surface area contributed by atoms with Crippen LogP contribution >= 0.6 is 11.3 Å². The number of halogens is 2. The van der Waals surface area contributed by atoms with E-state index in [1.807, 2.05) is 48.5 Å². The minimum Gasteiger partial charge on any atom is -0.340 e. The molecule has 3 aromatic heterocycles. The summed E-state index contributed by atoms with van der Waals surface area (Å²) in [6.07, 6.45) is 3.92. The molecule has 1 fully saturated rings. The van der Waals surface area contributed by atoms with E-state index < -0.39 is 23.9 Å². The van der Waals surface area contributed by atoms with Crippen molar-refractivity contribution in [3.63, 3.8) is 0 Å². The Morgan fingerprint density at radius 2 is 1.97 bits per heavy atom. The molecule has 0 saturated heterocycles. The Labute approximate surface area is 198 Å². The van der Waals surface area contributed by atoms with E-state index in [2.05, 4.69) is 27.2 Å². The van der Waals surface area contributed by atoms with Crippen LogP contribution in [0.3, 0.4) is 0 Å². The van der Waals surface area contributed by atoms with Crippen molar-refractivity contribution in [2.45, 2.75) is 37.3 Å². The fraction of sp³-hybridized carbons (Fsp3) is 0.240. The van der Waals surface area contributed by atoms with E-state index in [0.29, 0.717) is 29.0 Å². The molecule has 0 unspecified atom stereocenters. The molecule has 3 N–H and O–H groups in total. The number of aromatic nitrogens is 3. The molecule has 5 rings (SSSR count). The Bertz CT molecular complexity index is 1400. The first kappa shape index (κ1) is 22.2. The summed E-state index contributed by atoms with van der Waals surface area (Å²) in [6, 6.07) is 12.8. The third kappa shape index (κ3) is 4.30. The first-order valence-corrected chi connectivity index (χ1v) is 11.7. The molecule has 1 saturated carbocycles. The Balaban J connectivity index is 1.54. The number of benzene rings is 1. The number of nitrogens with zero attached hydrogens (tertiary/aromatic N) is 3. The Kier molecular flexibility index (Phi) is 5.86. The van der Waals surface area contributed by atoms with Gasteiger partial charge in [-0.1, -0.05) is 41.5 Å². The summed E-state index contributed by atoms with van der Waals surface area (Å²) in [5.74, 6) is 2.44. The zero-order chi connectivity index (χ0) is 23.7. The van der Waals surface area contributed by atoms with Gasteiger partial charge in [0.05, 0.1) is 11.7 Å². The minimum atomic E-state index is -3.06. The van der Waals surface area contributed by atoms with Crippen molar-refractivity contribution in [1.82, 2.24) is 19.9 Å². The maximum absolute atomic E-state index is 14.4. The molecular weight excluding hydrogens is 456 g/mol. The summed E-state index contributed by atoms with van der Waals surface area (Å²) in [6.45, 7) is 0. The fourth-order valence-electron chi connectivity index (χ4n) is 4.08. The molecule has 0 bridgehead atoms. The van der Waals surface area contributed by atoms with Crippen molar-refractivity contribution >= 4 is 22.8 Å². The lowest BCUT2D eigenvalue weighted by Crippen LogP contribution is -2.59. The number of hydrogen-bond acceptors (Lipinski definition) is 5. The SMILES string of the molecule is N[C@@H]1CCCC(F)(F)[C@@H]1NC(=O)c1nc(-c2cnn3ccccc23)c(C#Cc2ccccc2)s1. The lowest BCUT2D eigenvalue weighted by Gasteiger charge is -2.36. The molecule has 9 heteroatoms. The molecule has 172 valence electrons. The number of nitrogens with two attached hydrogens (primary N) is 1. The number of rotatable bonds is 3. The highest BCUT2D eigenvalue weighted by Gasteiger charge is 2.46. The topological polar surface area (TPSA) is 85.3 Å². The van der Waals surface area contributed by atoms with Crippen LogP contribution in [0.4, 0.5) is 8.78 Å². The summed E-state index contributed by atoms with van der Waals surface area (Å²) in [7, 11) is 0. The summed E-state index contributed by atoms with van der Waals surface area (Å²) < 4.78 is 30.6. The molecule has 0 spiro atoms. The number of hydrogen-bond donors (Lipinski definition) is 2. The van der Waals surface area contributed by atoms with Gasteiger partial charge in [-0.15, -0.1) is 0 Å². The van der Waals surface area contributed by atoms with Gasteiger partial charge in [-0.2, -0.15) is 5.10 Å². The van der Waals surface area contributed by atoms with Gasteiger partial charge in [0.1, 0.15) is 16.6 Å². The standard InChI is InChI=1S/C25H21F2N5OS/c26-25(27)13-6-9-18(28)22(25)31-23(33)24-30-21(17-15-29-32-14-5-4-10-19(17)32)20(34-24)12-11-16-7-2-1-3-8-16/h1-5,7-8,10,14-15,18,22H,6,9,13,28H2,(H,31,33)/t18-,22-/m1/s1. The molecule has 0 aliphatic heterocycles. The van der Waals surface area contributed by atoms with Crippen molar-refractivity contribution in [3.05, 3.63) is 76.4 Å². The van der Waals surface area contributed by atoms with Gasteiger partial charge < -0.3 is 11.1 Å².